The largest absolute Gasteiger partial charge is 0.482 e. The summed E-state index contributed by atoms with van der Waals surface area (Å²) in [5.74, 6) is -3.52. The van der Waals surface area contributed by atoms with Gasteiger partial charge in [-0.05, 0) is 17.7 Å². The Kier molecular flexibility index (Phi) is 5.37. The second kappa shape index (κ2) is 8.29. The zero-order chi connectivity index (χ0) is 22.8. The molecular weight excluding hydrogens is 427 g/mol. The van der Waals surface area contributed by atoms with Gasteiger partial charge < -0.3 is 25.8 Å². The van der Waals surface area contributed by atoms with Crippen molar-refractivity contribution in [1.29, 1.82) is 0 Å². The maximum Gasteiger partial charge on any atom is 0.322 e. The second-order valence-electron chi connectivity index (χ2n) is 6.68. The lowest BCUT2D eigenvalue weighted by atomic mass is 10.1. The zero-order valence-corrected chi connectivity index (χ0v) is 16.2. The predicted molar refractivity (Wildman–Crippen MR) is 105 cm³/mol. The topological polar surface area (TPSA) is 164 Å². The molecule has 3 heterocycles. The Hall–Kier alpha value is -4.55. The fourth-order valence-electron chi connectivity index (χ4n) is 2.97. The molecule has 1 aromatic carbocycles. The molecule has 1 aliphatic rings. The molecular formula is C19H15FN6O6. The first-order valence-corrected chi connectivity index (χ1v) is 9.20. The molecule has 32 heavy (non-hydrogen) atoms. The van der Waals surface area contributed by atoms with Gasteiger partial charge in [0.1, 0.15) is 23.7 Å². The highest BCUT2D eigenvalue weighted by Crippen LogP contribution is 2.28. The number of nitrogens with zero attached hydrogens (tertiary/aromatic N) is 3. The van der Waals surface area contributed by atoms with Crippen LogP contribution in [0, 0.1) is 5.82 Å². The molecule has 0 radical (unpaired) electrons. The van der Waals surface area contributed by atoms with Gasteiger partial charge in [-0.1, -0.05) is 6.07 Å². The van der Waals surface area contributed by atoms with E-state index in [1.165, 1.54) is 0 Å². The summed E-state index contributed by atoms with van der Waals surface area (Å²) in [5, 5.41) is 19.8. The zero-order valence-electron chi connectivity index (χ0n) is 16.2. The van der Waals surface area contributed by atoms with Crippen molar-refractivity contribution in [1.82, 2.24) is 25.2 Å². The molecule has 0 spiro atoms. The first-order valence-electron chi connectivity index (χ1n) is 9.20. The number of anilines is 1. The number of carboxylic acids is 1. The van der Waals surface area contributed by atoms with Crippen LogP contribution < -0.4 is 20.7 Å². The van der Waals surface area contributed by atoms with Crippen molar-refractivity contribution >= 4 is 35.0 Å². The van der Waals surface area contributed by atoms with E-state index in [0.717, 1.165) is 16.8 Å². The number of hydrogen-bond donors (Lipinski definition) is 4. The van der Waals surface area contributed by atoms with Gasteiger partial charge >= 0.3 is 5.97 Å². The highest BCUT2D eigenvalue weighted by Gasteiger charge is 2.21. The van der Waals surface area contributed by atoms with E-state index in [9.17, 15) is 23.6 Å². The van der Waals surface area contributed by atoms with Gasteiger partial charge in [0.25, 0.3) is 17.7 Å². The van der Waals surface area contributed by atoms with Crippen LogP contribution in [0.1, 0.15) is 26.5 Å². The molecule has 0 fully saturated rings. The van der Waals surface area contributed by atoms with Gasteiger partial charge in [0.15, 0.2) is 18.1 Å². The number of nitrogens with one attached hydrogen (secondary N) is 3. The van der Waals surface area contributed by atoms with Crippen LogP contribution >= 0.6 is 0 Å². The number of hydrogen-bond acceptors (Lipinski definition) is 7. The molecule has 0 saturated carbocycles. The van der Waals surface area contributed by atoms with Crippen LogP contribution in [-0.2, 0) is 16.1 Å². The number of aliphatic carboxylic acids is 1. The standard InChI is InChI=1S/C19H15FN6O6/c20-10-6-23-26-13(19(31)22-7-16(28)29)4-12(25-17(10)26)18(30)21-5-9-1-2-14-11(3-9)24-15(27)8-32-14/h1-4,6H,5,7-8H2,(H,21,30)(H,22,31)(H,24,27)(H,28,29). The third-order valence-electron chi connectivity index (χ3n) is 4.42. The molecule has 0 saturated heterocycles. The summed E-state index contributed by atoms with van der Waals surface area (Å²) in [6.45, 7) is -0.714. The lowest BCUT2D eigenvalue weighted by Gasteiger charge is -2.18. The first kappa shape index (κ1) is 20.7. The monoisotopic (exact) mass is 442 g/mol. The van der Waals surface area contributed by atoms with E-state index in [1.807, 2.05) is 0 Å². The lowest BCUT2D eigenvalue weighted by Crippen LogP contribution is -2.32. The van der Waals surface area contributed by atoms with Crippen molar-refractivity contribution in [2.24, 2.45) is 0 Å². The number of aromatic nitrogens is 3. The number of rotatable bonds is 6. The third kappa shape index (κ3) is 4.16. The summed E-state index contributed by atoms with van der Waals surface area (Å²) in [7, 11) is 0. The van der Waals surface area contributed by atoms with E-state index in [-0.39, 0.29) is 36.1 Å². The van der Waals surface area contributed by atoms with Gasteiger partial charge in [0.2, 0.25) is 0 Å². The molecule has 3 aromatic rings. The van der Waals surface area contributed by atoms with Crippen molar-refractivity contribution in [3.8, 4) is 5.75 Å². The Labute approximate surface area is 178 Å². The molecule has 4 rings (SSSR count). The van der Waals surface area contributed by atoms with Crippen LogP contribution in [0.4, 0.5) is 10.1 Å². The molecule has 0 aliphatic carbocycles. The SMILES string of the molecule is O=C(O)CNC(=O)c1cc(C(=O)NCc2ccc3c(c2)NC(=O)CO3)nc2c(F)cnn12. The number of carbonyl (C=O) groups is 4. The maximum absolute atomic E-state index is 14.0. The molecule has 1 aliphatic heterocycles. The Morgan fingerprint density at radius 2 is 2.03 bits per heavy atom. The van der Waals surface area contributed by atoms with Crippen LogP contribution in [0.25, 0.3) is 5.65 Å². The second-order valence-corrected chi connectivity index (χ2v) is 6.68. The van der Waals surface area contributed by atoms with Crippen LogP contribution in [0.2, 0.25) is 0 Å². The highest BCUT2D eigenvalue weighted by atomic mass is 19.1. The summed E-state index contributed by atoms with van der Waals surface area (Å²) in [6, 6.07) is 6.04. The lowest BCUT2D eigenvalue weighted by molar-refractivity contribution is -0.135. The van der Waals surface area contributed by atoms with E-state index >= 15 is 0 Å². The summed E-state index contributed by atoms with van der Waals surface area (Å²) in [5.41, 5.74) is 0.197. The van der Waals surface area contributed by atoms with Crippen LogP contribution in [0.15, 0.2) is 30.5 Å². The number of amides is 3. The maximum atomic E-state index is 14.0. The molecule has 0 atom stereocenters. The third-order valence-corrected chi connectivity index (χ3v) is 4.42. The summed E-state index contributed by atoms with van der Waals surface area (Å²) in [4.78, 5) is 51.0. The average molecular weight is 442 g/mol. The number of fused-ring (bicyclic) bond motifs is 2. The Bertz CT molecular complexity index is 1270. The van der Waals surface area contributed by atoms with E-state index in [1.54, 1.807) is 18.2 Å². The van der Waals surface area contributed by atoms with Crippen molar-refractivity contribution in [3.05, 3.63) is 53.2 Å². The number of halogens is 1. The normalized spacial score (nSPS) is 12.5. The van der Waals surface area contributed by atoms with Crippen LogP contribution in [0.5, 0.6) is 5.75 Å². The smallest absolute Gasteiger partial charge is 0.322 e. The Morgan fingerprint density at radius 1 is 1.22 bits per heavy atom. The van der Waals surface area contributed by atoms with Gasteiger partial charge in [-0.2, -0.15) is 5.10 Å². The Balaban J connectivity index is 1.55. The number of carboxylic acid groups (broad SMARTS) is 1. The number of benzene rings is 1. The van der Waals surface area contributed by atoms with Gasteiger partial charge in [-0.15, -0.1) is 0 Å². The van der Waals surface area contributed by atoms with Gasteiger partial charge in [-0.25, -0.2) is 13.9 Å². The van der Waals surface area contributed by atoms with Crippen LogP contribution in [0.3, 0.4) is 0 Å². The quantitative estimate of drug-likeness (QED) is 0.412. The molecule has 0 bridgehead atoms. The molecule has 13 heteroatoms. The van der Waals surface area contributed by atoms with E-state index < -0.39 is 30.1 Å². The summed E-state index contributed by atoms with van der Waals surface area (Å²) < 4.78 is 20.2. The van der Waals surface area contributed by atoms with Gasteiger partial charge in [0, 0.05) is 12.6 Å². The number of carbonyl (C=O) groups excluding carboxylic acids is 3. The average Bonchev–Trinajstić information content (AvgIpc) is 3.15. The molecule has 2 aromatic heterocycles. The molecule has 0 unspecified atom stereocenters. The Morgan fingerprint density at radius 3 is 2.81 bits per heavy atom. The molecule has 12 nitrogen and oxygen atoms in total. The highest BCUT2D eigenvalue weighted by molar-refractivity contribution is 5.99. The molecule has 164 valence electrons. The van der Waals surface area contributed by atoms with Crippen molar-refractivity contribution in [3.63, 3.8) is 0 Å². The minimum atomic E-state index is -1.28. The minimum Gasteiger partial charge on any atom is -0.482 e. The van der Waals surface area contributed by atoms with Crippen molar-refractivity contribution in [2.75, 3.05) is 18.5 Å². The summed E-state index contributed by atoms with van der Waals surface area (Å²) >= 11 is 0. The van der Waals surface area contributed by atoms with Crippen molar-refractivity contribution < 1.29 is 33.4 Å². The fourth-order valence-corrected chi connectivity index (χ4v) is 2.97. The predicted octanol–water partition coefficient (Wildman–Crippen LogP) is -0.0563. The van der Waals surface area contributed by atoms with Crippen molar-refractivity contribution in [2.45, 2.75) is 6.54 Å². The summed E-state index contributed by atoms with van der Waals surface area (Å²) in [6.07, 6.45) is 0.821. The molecule has 4 N–H and O–H groups in total. The van der Waals surface area contributed by atoms with Crippen LogP contribution in [-0.4, -0.2) is 56.5 Å². The minimum absolute atomic E-state index is 0.0388. The first-order chi connectivity index (χ1) is 15.3. The van der Waals surface area contributed by atoms with Gasteiger partial charge in [-0.3, -0.25) is 19.2 Å². The van der Waals surface area contributed by atoms with E-state index in [2.05, 4.69) is 26.0 Å². The number of ether oxygens (including phenoxy) is 1. The van der Waals surface area contributed by atoms with E-state index in [4.69, 9.17) is 9.84 Å². The fraction of sp³-hybridized carbons (Fsp3) is 0.158. The van der Waals surface area contributed by atoms with E-state index in [0.29, 0.717) is 17.0 Å². The van der Waals surface area contributed by atoms with Gasteiger partial charge in [0.05, 0.1) is 11.9 Å². The molecule has 3 amide bonds.